The first-order valence-electron chi connectivity index (χ1n) is 25.8. The number of rotatable bonds is 19. The number of methoxy groups -OCH3 is 1. The van der Waals surface area contributed by atoms with Crippen molar-refractivity contribution in [2.24, 2.45) is 5.16 Å². The van der Waals surface area contributed by atoms with Crippen LogP contribution in [0, 0.1) is 0 Å². The molecule has 3 heterocycles. The molecular formula is C63H57N5O6PS2+. The van der Waals surface area contributed by atoms with Gasteiger partial charge in [0.15, 0.2) is 10.8 Å². The van der Waals surface area contributed by atoms with Crippen molar-refractivity contribution in [1.82, 2.24) is 15.2 Å². The summed E-state index contributed by atoms with van der Waals surface area (Å²) in [6, 6.07) is 68.4. The minimum Gasteiger partial charge on any atom is -0.497 e. The standard InChI is InChI=1S/C63H56N5O6PS2/c1-72-49-38-36-44(37-39-49)40-73-61(71)57-45(41-75(51-30-14-5-15-31-51,52-32-16-6-17-33-52)53-34-18-7-19-35-53)42-76-60-56(59(70)68(57)60)65-58(69)55(67-74-50-28-20-21-29-50)54-43-77-62(64-54)66-63(46-22-8-2-9-23-46,47-24-10-3-11-25-47)48-26-12-4-13-27-48/h2-19,22-27,30-39,43,50,56,60H,20-21,28-29,40-42H2,1H3,(H-,64,65,66,69)/p+1/b67-55-/t56-,60-/m1/s1. The normalized spacial score (nSPS) is 16.8. The fraction of sp³-hybridized carbons (Fsp3) is 0.190. The van der Waals surface area contributed by atoms with Crippen molar-refractivity contribution in [1.29, 1.82) is 0 Å². The lowest BCUT2D eigenvalue weighted by molar-refractivity contribution is -0.153. The molecule has 14 heteroatoms. The molecule has 7 aromatic carbocycles. The van der Waals surface area contributed by atoms with Crippen molar-refractivity contribution >= 4 is 74.9 Å². The van der Waals surface area contributed by atoms with Gasteiger partial charge in [0.05, 0.1) is 13.3 Å². The second kappa shape index (κ2) is 23.2. The number of fused-ring (bicyclic) bond motifs is 1. The Morgan fingerprint density at radius 1 is 0.701 bits per heavy atom. The summed E-state index contributed by atoms with van der Waals surface area (Å²) in [5.74, 6) is -0.567. The molecule has 2 fully saturated rings. The van der Waals surface area contributed by atoms with Crippen molar-refractivity contribution in [3.8, 4) is 5.75 Å². The predicted octanol–water partition coefficient (Wildman–Crippen LogP) is 10.6. The zero-order chi connectivity index (χ0) is 52.6. The molecule has 8 aromatic rings. The fourth-order valence-corrected chi connectivity index (χ4v) is 17.3. The Bertz CT molecular complexity index is 3190. The van der Waals surface area contributed by atoms with Crippen LogP contribution in [0.5, 0.6) is 5.75 Å². The number of aromatic nitrogens is 1. The van der Waals surface area contributed by atoms with Crippen LogP contribution in [0.3, 0.4) is 0 Å². The molecule has 1 saturated heterocycles. The minimum atomic E-state index is -2.53. The molecule has 0 bridgehead atoms. The van der Waals surface area contributed by atoms with Gasteiger partial charge < -0.3 is 24.9 Å². The van der Waals surface area contributed by atoms with Crippen LogP contribution in [0.25, 0.3) is 0 Å². The molecule has 386 valence electrons. The number of anilines is 1. The molecule has 2 amide bonds. The Morgan fingerprint density at radius 3 is 1.71 bits per heavy atom. The third-order valence-corrected chi connectivity index (χ3v) is 21.0. The molecule has 0 unspecified atom stereocenters. The number of esters is 1. The quantitative estimate of drug-likeness (QED) is 0.0203. The van der Waals surface area contributed by atoms with Gasteiger partial charge in [-0.05, 0) is 96.5 Å². The Kier molecular flexibility index (Phi) is 15.4. The van der Waals surface area contributed by atoms with Gasteiger partial charge in [0.2, 0.25) is 0 Å². The van der Waals surface area contributed by atoms with Gasteiger partial charge in [0.25, 0.3) is 11.8 Å². The van der Waals surface area contributed by atoms with Crippen LogP contribution in [-0.4, -0.2) is 69.9 Å². The van der Waals surface area contributed by atoms with Crippen LogP contribution in [0.15, 0.2) is 228 Å². The van der Waals surface area contributed by atoms with Crippen molar-refractivity contribution in [2.45, 2.75) is 55.3 Å². The van der Waals surface area contributed by atoms with E-state index in [2.05, 4.69) is 125 Å². The lowest BCUT2D eigenvalue weighted by atomic mass is 9.77. The number of hydrogen-bond acceptors (Lipinski definition) is 11. The predicted molar refractivity (Wildman–Crippen MR) is 310 cm³/mol. The number of hydrogen-bond donors (Lipinski definition) is 2. The van der Waals surface area contributed by atoms with Crippen LogP contribution in [-0.2, 0) is 36.1 Å². The van der Waals surface area contributed by atoms with E-state index in [9.17, 15) is 14.4 Å². The summed E-state index contributed by atoms with van der Waals surface area (Å²) in [6.07, 6.45) is 3.96. The van der Waals surface area contributed by atoms with E-state index in [0.717, 1.165) is 69.4 Å². The van der Waals surface area contributed by atoms with Crippen LogP contribution >= 0.6 is 30.4 Å². The SMILES string of the molecule is COc1ccc(COC(=O)C2=C(C[P+](c3ccccc3)(c3ccccc3)c3ccccc3)CS[C@@H]3[C@H](NC(=O)/C(=N\OC4CCCC4)c4csc(NC(c5ccccc5)(c5ccccc5)c5ccccc5)n4)C(=O)N23)cc1. The highest BCUT2D eigenvalue weighted by Gasteiger charge is 2.57. The zero-order valence-corrected chi connectivity index (χ0v) is 45.0. The van der Waals surface area contributed by atoms with Gasteiger partial charge in [0, 0.05) is 16.7 Å². The third-order valence-electron chi connectivity index (χ3n) is 14.5. The molecule has 0 spiro atoms. The smallest absolute Gasteiger partial charge is 0.355 e. The third kappa shape index (κ3) is 10.4. The summed E-state index contributed by atoms with van der Waals surface area (Å²) in [5.41, 5.74) is 4.14. The highest BCUT2D eigenvalue weighted by molar-refractivity contribution is 8.00. The van der Waals surface area contributed by atoms with Gasteiger partial charge in [-0.2, -0.15) is 0 Å². The number of ether oxygens (including phenoxy) is 2. The molecule has 2 N–H and O–H groups in total. The molecule has 11 rings (SSSR count). The van der Waals surface area contributed by atoms with Gasteiger partial charge in [-0.3, -0.25) is 14.5 Å². The highest BCUT2D eigenvalue weighted by Crippen LogP contribution is 2.58. The van der Waals surface area contributed by atoms with Crippen molar-refractivity contribution in [3.63, 3.8) is 0 Å². The van der Waals surface area contributed by atoms with Crippen LogP contribution in [0.4, 0.5) is 5.13 Å². The average Bonchev–Trinajstić information content (AvgIpc) is 4.32. The molecular weight excluding hydrogens is 1020 g/mol. The maximum atomic E-state index is 15.0. The van der Waals surface area contributed by atoms with Crippen molar-refractivity contribution in [3.05, 3.63) is 251 Å². The largest absolute Gasteiger partial charge is 0.497 e. The Morgan fingerprint density at radius 2 is 1.21 bits per heavy atom. The summed E-state index contributed by atoms with van der Waals surface area (Å²) < 4.78 is 11.5. The Labute approximate surface area is 457 Å². The van der Waals surface area contributed by atoms with E-state index in [0.29, 0.717) is 28.5 Å². The van der Waals surface area contributed by atoms with E-state index in [-0.39, 0.29) is 24.1 Å². The number of β-lactam (4-membered cyclic amide) rings is 1. The fourth-order valence-electron chi connectivity index (χ4n) is 10.7. The van der Waals surface area contributed by atoms with Crippen LogP contribution in [0.2, 0.25) is 0 Å². The van der Waals surface area contributed by atoms with Gasteiger partial charge in [-0.1, -0.05) is 163 Å². The molecule has 0 radical (unpaired) electrons. The van der Waals surface area contributed by atoms with E-state index < -0.39 is 42.0 Å². The number of nitrogens with one attached hydrogen (secondary N) is 2. The topological polar surface area (TPSA) is 131 Å². The molecule has 2 aliphatic heterocycles. The summed E-state index contributed by atoms with van der Waals surface area (Å²) in [6.45, 7) is -0.0234. The monoisotopic (exact) mass is 1070 g/mol. The van der Waals surface area contributed by atoms with E-state index in [4.69, 9.17) is 19.3 Å². The molecule has 3 aliphatic rings. The Balaban J connectivity index is 0.932. The van der Waals surface area contributed by atoms with E-state index in [1.165, 1.54) is 28.0 Å². The number of thioether (sulfide) groups is 1. The van der Waals surface area contributed by atoms with Crippen LogP contribution < -0.4 is 31.3 Å². The van der Waals surface area contributed by atoms with E-state index >= 15 is 0 Å². The van der Waals surface area contributed by atoms with Gasteiger partial charge in [0.1, 0.15) is 70.0 Å². The van der Waals surface area contributed by atoms with Crippen molar-refractivity contribution in [2.75, 3.05) is 24.3 Å². The number of carbonyl (C=O) groups excluding carboxylic acids is 3. The Hall–Kier alpha value is -7.83. The maximum Gasteiger partial charge on any atom is 0.355 e. The zero-order valence-electron chi connectivity index (χ0n) is 42.4. The van der Waals surface area contributed by atoms with E-state index in [1.54, 1.807) is 12.5 Å². The number of oxime groups is 1. The number of nitrogens with zero attached hydrogens (tertiary/aromatic N) is 3. The average molecular weight is 1080 g/mol. The van der Waals surface area contributed by atoms with Crippen LogP contribution in [0.1, 0.15) is 53.6 Å². The van der Waals surface area contributed by atoms with E-state index in [1.807, 2.05) is 97.1 Å². The van der Waals surface area contributed by atoms with Gasteiger partial charge >= 0.3 is 5.97 Å². The summed E-state index contributed by atoms with van der Waals surface area (Å²) in [7, 11) is -0.934. The lowest BCUT2D eigenvalue weighted by Gasteiger charge is -2.50. The summed E-state index contributed by atoms with van der Waals surface area (Å²) >= 11 is 2.87. The molecule has 1 aromatic heterocycles. The molecule has 2 atom stereocenters. The first kappa shape index (κ1) is 51.3. The number of thiazole rings is 1. The van der Waals surface area contributed by atoms with Gasteiger partial charge in [-0.25, -0.2) is 9.78 Å². The summed E-state index contributed by atoms with van der Waals surface area (Å²) in [5, 5.41) is 16.5. The number of carbonyl (C=O) groups is 3. The van der Waals surface area contributed by atoms with Gasteiger partial charge in [-0.15, -0.1) is 23.1 Å². The summed E-state index contributed by atoms with van der Waals surface area (Å²) in [4.78, 5) is 57.5. The second-order valence-electron chi connectivity index (χ2n) is 19.2. The first-order valence-corrected chi connectivity index (χ1v) is 29.7. The molecule has 77 heavy (non-hydrogen) atoms. The number of benzene rings is 7. The molecule has 1 aliphatic carbocycles. The number of amides is 2. The molecule has 1 saturated carbocycles. The van der Waals surface area contributed by atoms with Crippen molar-refractivity contribution < 1.29 is 28.7 Å². The highest BCUT2D eigenvalue weighted by atomic mass is 32.2. The maximum absolute atomic E-state index is 15.0. The second-order valence-corrected chi connectivity index (χ2v) is 24.6. The lowest BCUT2D eigenvalue weighted by Crippen LogP contribution is -2.71. The minimum absolute atomic E-state index is 0.0234. The molecule has 11 nitrogen and oxygen atoms in total. The first-order chi connectivity index (χ1) is 37.9.